The van der Waals surface area contributed by atoms with Gasteiger partial charge in [-0.3, -0.25) is 0 Å². The largest absolute Gasteiger partial charge is 0.496 e. The molecule has 132 valence electrons. The summed E-state index contributed by atoms with van der Waals surface area (Å²) in [6, 6.07) is 3.75. The predicted molar refractivity (Wildman–Crippen MR) is 101 cm³/mol. The van der Waals surface area contributed by atoms with Gasteiger partial charge in [-0.15, -0.1) is 0 Å². The van der Waals surface area contributed by atoms with E-state index < -0.39 is 5.60 Å². The molecule has 24 heavy (non-hydrogen) atoms. The van der Waals surface area contributed by atoms with E-state index in [2.05, 4.69) is 22.0 Å². The van der Waals surface area contributed by atoms with E-state index in [-0.39, 0.29) is 6.09 Å². The van der Waals surface area contributed by atoms with E-state index in [1.165, 1.54) is 5.57 Å². The minimum Gasteiger partial charge on any atom is -0.496 e. The first-order valence-corrected chi connectivity index (χ1v) is 9.07. The molecule has 1 aliphatic heterocycles. The Hall–Kier alpha value is -1.20. The summed E-state index contributed by atoms with van der Waals surface area (Å²) in [6.07, 6.45) is 3.42. The highest BCUT2D eigenvalue weighted by molar-refractivity contribution is 9.10. The number of ether oxygens (including phenoxy) is 2. The van der Waals surface area contributed by atoms with Crippen molar-refractivity contribution in [3.63, 3.8) is 0 Å². The van der Waals surface area contributed by atoms with Crippen molar-refractivity contribution in [2.24, 2.45) is 0 Å². The number of rotatable bonds is 2. The van der Waals surface area contributed by atoms with E-state index in [1.807, 2.05) is 32.9 Å². The average molecular weight is 417 g/mol. The molecule has 0 bridgehead atoms. The summed E-state index contributed by atoms with van der Waals surface area (Å²) < 4.78 is 11.7. The molecule has 2 rings (SSSR count). The predicted octanol–water partition coefficient (Wildman–Crippen LogP) is 5.53. The molecule has 0 spiro atoms. The molecule has 1 fully saturated rings. The first-order valence-electron chi connectivity index (χ1n) is 7.90. The van der Waals surface area contributed by atoms with Gasteiger partial charge in [0.05, 0.1) is 12.1 Å². The fraction of sp³-hybridized carbons (Fsp3) is 0.500. The monoisotopic (exact) mass is 415 g/mol. The number of hydrogen-bond donors (Lipinski definition) is 0. The summed E-state index contributed by atoms with van der Waals surface area (Å²) in [5, 5.41) is 0.642. The van der Waals surface area contributed by atoms with Gasteiger partial charge in [0.15, 0.2) is 0 Å². The zero-order valence-electron chi connectivity index (χ0n) is 14.5. The normalized spacial score (nSPS) is 15.2. The molecule has 0 aromatic heterocycles. The van der Waals surface area contributed by atoms with Crippen molar-refractivity contribution in [3.8, 4) is 5.75 Å². The highest BCUT2D eigenvalue weighted by Crippen LogP contribution is 2.34. The molecule has 1 saturated heterocycles. The van der Waals surface area contributed by atoms with Crippen LogP contribution in [0.1, 0.15) is 39.2 Å². The van der Waals surface area contributed by atoms with E-state index in [1.54, 1.807) is 12.0 Å². The Kier molecular flexibility index (Phi) is 6.21. The summed E-state index contributed by atoms with van der Waals surface area (Å²) in [6.45, 7) is 6.93. The van der Waals surface area contributed by atoms with E-state index in [9.17, 15) is 4.79 Å². The number of halogens is 2. The van der Waals surface area contributed by atoms with Crippen LogP contribution < -0.4 is 4.74 Å². The molecule has 1 amide bonds. The topological polar surface area (TPSA) is 38.8 Å². The van der Waals surface area contributed by atoms with Gasteiger partial charge in [0.25, 0.3) is 0 Å². The molecule has 6 heteroatoms. The number of benzene rings is 1. The summed E-state index contributed by atoms with van der Waals surface area (Å²) in [7, 11) is 1.63. The van der Waals surface area contributed by atoms with Crippen molar-refractivity contribution in [1.82, 2.24) is 4.90 Å². The number of carbonyl (C=O) groups is 1. The molecule has 0 unspecified atom stereocenters. The summed E-state index contributed by atoms with van der Waals surface area (Å²) in [5.41, 5.74) is 1.66. The van der Waals surface area contributed by atoms with Gasteiger partial charge in [-0.2, -0.15) is 0 Å². The van der Waals surface area contributed by atoms with Crippen LogP contribution in [0.3, 0.4) is 0 Å². The Bertz CT molecular complexity index is 642. The second-order valence-corrected chi connectivity index (χ2v) is 8.10. The third-order valence-electron chi connectivity index (χ3n) is 3.68. The lowest BCUT2D eigenvalue weighted by Crippen LogP contribution is -2.40. The van der Waals surface area contributed by atoms with E-state index in [4.69, 9.17) is 21.1 Å². The number of hydrogen-bond acceptors (Lipinski definition) is 3. The van der Waals surface area contributed by atoms with Gasteiger partial charge >= 0.3 is 6.09 Å². The molecular weight excluding hydrogens is 394 g/mol. The van der Waals surface area contributed by atoms with Gasteiger partial charge in [0.1, 0.15) is 11.4 Å². The van der Waals surface area contributed by atoms with Gasteiger partial charge in [-0.05, 0) is 45.7 Å². The van der Waals surface area contributed by atoms with Crippen molar-refractivity contribution in [3.05, 3.63) is 32.8 Å². The van der Waals surface area contributed by atoms with Gasteiger partial charge < -0.3 is 14.4 Å². The standard InChI is InChI=1S/C18H23BrClNO3/c1-18(2,3)24-17(22)21-7-5-12(6-8-21)9-14-15(20)10-13(19)11-16(14)23-4/h9-11H,5-8H2,1-4H3. The highest BCUT2D eigenvalue weighted by Gasteiger charge is 2.24. The zero-order chi connectivity index (χ0) is 17.9. The van der Waals surface area contributed by atoms with Gasteiger partial charge in [0.2, 0.25) is 0 Å². The van der Waals surface area contributed by atoms with Crippen LogP contribution in [0.15, 0.2) is 22.2 Å². The Balaban J connectivity index is 2.07. The van der Waals surface area contributed by atoms with E-state index in [0.29, 0.717) is 18.1 Å². The van der Waals surface area contributed by atoms with Crippen LogP contribution in [0.5, 0.6) is 5.75 Å². The maximum atomic E-state index is 12.1. The maximum Gasteiger partial charge on any atom is 0.410 e. The molecule has 0 N–H and O–H groups in total. The second kappa shape index (κ2) is 7.79. The van der Waals surface area contributed by atoms with Crippen LogP contribution in [-0.4, -0.2) is 36.8 Å². The average Bonchev–Trinajstić information content (AvgIpc) is 2.48. The lowest BCUT2D eigenvalue weighted by Gasteiger charge is -2.31. The quantitative estimate of drug-likeness (QED) is 0.636. The summed E-state index contributed by atoms with van der Waals surface area (Å²) >= 11 is 9.76. The van der Waals surface area contributed by atoms with Gasteiger partial charge in [0, 0.05) is 23.1 Å². The maximum absolute atomic E-state index is 12.1. The summed E-state index contributed by atoms with van der Waals surface area (Å²) in [5.74, 6) is 0.733. The zero-order valence-corrected chi connectivity index (χ0v) is 16.8. The lowest BCUT2D eigenvalue weighted by molar-refractivity contribution is 0.0237. The molecule has 1 heterocycles. The number of methoxy groups -OCH3 is 1. The fourth-order valence-electron chi connectivity index (χ4n) is 2.52. The van der Waals surface area contributed by atoms with E-state index >= 15 is 0 Å². The number of carbonyl (C=O) groups excluding carboxylic acids is 1. The van der Waals surface area contributed by atoms with Crippen molar-refractivity contribution in [2.45, 2.75) is 39.2 Å². The molecule has 1 aromatic rings. The molecular formula is C18H23BrClNO3. The SMILES string of the molecule is COc1cc(Br)cc(Cl)c1C=C1CCN(C(=O)OC(C)(C)C)CC1. The van der Waals surface area contributed by atoms with Gasteiger partial charge in [-0.25, -0.2) is 4.79 Å². The number of likely N-dealkylation sites (tertiary alicyclic amines) is 1. The van der Waals surface area contributed by atoms with Crippen molar-refractivity contribution in [1.29, 1.82) is 0 Å². The Morgan fingerprint density at radius 3 is 2.46 bits per heavy atom. The van der Waals surface area contributed by atoms with Crippen LogP contribution in [-0.2, 0) is 4.74 Å². The second-order valence-electron chi connectivity index (χ2n) is 6.77. The van der Waals surface area contributed by atoms with Crippen LogP contribution in [0.25, 0.3) is 6.08 Å². The van der Waals surface area contributed by atoms with Crippen LogP contribution in [0.2, 0.25) is 5.02 Å². The molecule has 1 aliphatic rings. The minimum absolute atomic E-state index is 0.249. The fourth-order valence-corrected chi connectivity index (χ4v) is 3.36. The third kappa shape index (κ3) is 5.15. The number of piperidine rings is 1. The Labute approximate surface area is 156 Å². The molecule has 1 aromatic carbocycles. The summed E-state index contributed by atoms with van der Waals surface area (Å²) in [4.78, 5) is 13.9. The number of nitrogens with zero attached hydrogens (tertiary/aromatic N) is 1. The van der Waals surface area contributed by atoms with Crippen LogP contribution in [0.4, 0.5) is 4.79 Å². The van der Waals surface area contributed by atoms with Crippen LogP contribution >= 0.6 is 27.5 Å². The highest BCUT2D eigenvalue weighted by atomic mass is 79.9. The van der Waals surface area contributed by atoms with Crippen LogP contribution in [0, 0.1) is 0 Å². The molecule has 0 atom stereocenters. The Morgan fingerprint density at radius 2 is 1.92 bits per heavy atom. The molecule has 0 saturated carbocycles. The lowest BCUT2D eigenvalue weighted by atomic mass is 10.0. The number of amides is 1. The van der Waals surface area contributed by atoms with Crippen molar-refractivity contribution in [2.75, 3.05) is 20.2 Å². The molecule has 0 radical (unpaired) electrons. The smallest absolute Gasteiger partial charge is 0.410 e. The van der Waals surface area contributed by atoms with Crippen molar-refractivity contribution < 1.29 is 14.3 Å². The van der Waals surface area contributed by atoms with Gasteiger partial charge in [-0.1, -0.05) is 39.2 Å². The molecule has 4 nitrogen and oxygen atoms in total. The third-order valence-corrected chi connectivity index (χ3v) is 4.45. The Morgan fingerprint density at radius 1 is 1.29 bits per heavy atom. The van der Waals surface area contributed by atoms with E-state index in [0.717, 1.165) is 28.6 Å². The first-order chi connectivity index (χ1) is 11.2. The first kappa shape index (κ1) is 19.1. The minimum atomic E-state index is -0.467. The van der Waals surface area contributed by atoms with Crippen molar-refractivity contribution >= 4 is 39.7 Å². The molecule has 0 aliphatic carbocycles.